The van der Waals surface area contributed by atoms with Crippen LogP contribution in [0.3, 0.4) is 0 Å². The SMILES string of the molecule is CCC1CN(C(=NC)NCC2CCN(CCOC)CC2)CCS1.I. The molecule has 0 bridgehead atoms. The monoisotopic (exact) mass is 470 g/mol. The van der Waals surface area contributed by atoms with Crippen LogP contribution in [-0.4, -0.2) is 86.8 Å². The zero-order chi connectivity index (χ0) is 16.5. The average Bonchev–Trinajstić information content (AvgIpc) is 2.61. The maximum Gasteiger partial charge on any atom is 0.193 e. The fourth-order valence-electron chi connectivity index (χ4n) is 3.36. The lowest BCUT2D eigenvalue weighted by Crippen LogP contribution is -2.49. The number of hydrogen-bond acceptors (Lipinski definition) is 4. The lowest BCUT2D eigenvalue weighted by Gasteiger charge is -2.36. The number of likely N-dealkylation sites (tertiary alicyclic amines) is 1. The van der Waals surface area contributed by atoms with E-state index in [1.165, 1.54) is 38.1 Å². The molecule has 0 aromatic rings. The first-order valence-corrected chi connectivity index (χ1v) is 10.1. The number of guanidine groups is 1. The van der Waals surface area contributed by atoms with Gasteiger partial charge in [0.05, 0.1) is 6.61 Å². The van der Waals surface area contributed by atoms with E-state index in [9.17, 15) is 0 Å². The van der Waals surface area contributed by atoms with Crippen molar-refractivity contribution >= 4 is 41.7 Å². The standard InChI is InChI=1S/C17H34N4OS.HI/c1-4-16-14-21(10-12-23-16)17(18-2)19-13-15-5-7-20(8-6-15)9-11-22-3;/h15-16H,4-14H2,1-3H3,(H,18,19);1H. The fourth-order valence-corrected chi connectivity index (χ4v) is 4.54. The molecule has 2 aliphatic heterocycles. The predicted octanol–water partition coefficient (Wildman–Crippen LogP) is 2.37. The van der Waals surface area contributed by atoms with Crippen molar-refractivity contribution in [2.45, 2.75) is 31.4 Å². The minimum atomic E-state index is 0. The second-order valence-corrected chi connectivity index (χ2v) is 7.96. The Labute approximate surface area is 169 Å². The summed E-state index contributed by atoms with van der Waals surface area (Å²) in [6.45, 7) is 9.93. The topological polar surface area (TPSA) is 40.1 Å². The molecule has 0 saturated carbocycles. The molecule has 0 amide bonds. The van der Waals surface area contributed by atoms with Gasteiger partial charge in [0.25, 0.3) is 0 Å². The first kappa shape index (κ1) is 22.3. The summed E-state index contributed by atoms with van der Waals surface area (Å²) in [7, 11) is 3.70. The summed E-state index contributed by atoms with van der Waals surface area (Å²) in [5, 5.41) is 4.39. The van der Waals surface area contributed by atoms with E-state index in [2.05, 4.69) is 38.8 Å². The third kappa shape index (κ3) is 7.25. The Bertz CT molecular complexity index is 364. The highest BCUT2D eigenvalue weighted by Gasteiger charge is 2.23. The minimum absolute atomic E-state index is 0. The van der Waals surface area contributed by atoms with Crippen LogP contribution in [0.25, 0.3) is 0 Å². The lowest BCUT2D eigenvalue weighted by molar-refractivity contribution is 0.120. The van der Waals surface area contributed by atoms with Crippen LogP contribution in [0.2, 0.25) is 0 Å². The maximum absolute atomic E-state index is 5.17. The molecular formula is C17H35IN4OS. The number of nitrogens with one attached hydrogen (secondary N) is 1. The second-order valence-electron chi connectivity index (χ2n) is 6.55. The normalized spacial score (nSPS) is 23.9. The zero-order valence-corrected chi connectivity index (χ0v) is 18.6. The number of aliphatic imine (C=N–C) groups is 1. The number of nitrogens with zero attached hydrogens (tertiary/aromatic N) is 3. The van der Waals surface area contributed by atoms with E-state index in [0.717, 1.165) is 49.9 Å². The van der Waals surface area contributed by atoms with Gasteiger partial charge in [-0.2, -0.15) is 11.8 Å². The Hall–Kier alpha value is 0.270. The summed E-state index contributed by atoms with van der Waals surface area (Å²) < 4.78 is 5.17. The van der Waals surface area contributed by atoms with Crippen molar-refractivity contribution in [2.24, 2.45) is 10.9 Å². The van der Waals surface area contributed by atoms with Gasteiger partial charge in [0, 0.05) is 51.3 Å². The molecule has 2 saturated heterocycles. The summed E-state index contributed by atoms with van der Waals surface area (Å²) in [6, 6.07) is 0. The van der Waals surface area contributed by atoms with Gasteiger partial charge >= 0.3 is 0 Å². The van der Waals surface area contributed by atoms with E-state index in [0.29, 0.717) is 0 Å². The summed E-state index contributed by atoms with van der Waals surface area (Å²) in [6.07, 6.45) is 3.81. The van der Waals surface area contributed by atoms with E-state index in [-0.39, 0.29) is 24.0 Å². The molecular weight excluding hydrogens is 435 g/mol. The second kappa shape index (κ2) is 12.6. The van der Waals surface area contributed by atoms with Crippen molar-refractivity contribution in [1.29, 1.82) is 0 Å². The average molecular weight is 470 g/mol. The molecule has 1 atom stereocenters. The highest BCUT2D eigenvalue weighted by molar-refractivity contribution is 14.0. The zero-order valence-electron chi connectivity index (χ0n) is 15.5. The van der Waals surface area contributed by atoms with E-state index >= 15 is 0 Å². The molecule has 0 aromatic heterocycles. The van der Waals surface area contributed by atoms with Crippen LogP contribution in [0.1, 0.15) is 26.2 Å². The molecule has 24 heavy (non-hydrogen) atoms. The van der Waals surface area contributed by atoms with Crippen LogP contribution in [0, 0.1) is 5.92 Å². The van der Waals surface area contributed by atoms with Crippen LogP contribution in [0.5, 0.6) is 0 Å². The molecule has 0 aliphatic carbocycles. The fraction of sp³-hybridized carbons (Fsp3) is 0.941. The summed E-state index contributed by atoms with van der Waals surface area (Å²) in [4.78, 5) is 9.47. The van der Waals surface area contributed by atoms with Crippen molar-refractivity contribution in [3.63, 3.8) is 0 Å². The van der Waals surface area contributed by atoms with Gasteiger partial charge in [0.2, 0.25) is 0 Å². The van der Waals surface area contributed by atoms with E-state index < -0.39 is 0 Å². The van der Waals surface area contributed by atoms with Crippen molar-refractivity contribution < 1.29 is 4.74 Å². The molecule has 1 N–H and O–H groups in total. The molecule has 2 fully saturated rings. The number of hydrogen-bond donors (Lipinski definition) is 1. The molecule has 0 spiro atoms. The van der Waals surface area contributed by atoms with Crippen LogP contribution >= 0.6 is 35.7 Å². The number of rotatable bonds is 6. The lowest BCUT2D eigenvalue weighted by atomic mass is 9.97. The molecule has 5 nitrogen and oxygen atoms in total. The van der Waals surface area contributed by atoms with Crippen molar-refractivity contribution in [2.75, 3.05) is 65.8 Å². The van der Waals surface area contributed by atoms with Gasteiger partial charge in [-0.15, -0.1) is 24.0 Å². The number of halogens is 1. The Morgan fingerprint density at radius 3 is 2.67 bits per heavy atom. The van der Waals surface area contributed by atoms with Crippen molar-refractivity contribution in [3.8, 4) is 0 Å². The molecule has 142 valence electrons. The van der Waals surface area contributed by atoms with Crippen LogP contribution in [-0.2, 0) is 4.74 Å². The smallest absolute Gasteiger partial charge is 0.193 e. The Kier molecular flexibility index (Phi) is 11.7. The largest absolute Gasteiger partial charge is 0.383 e. The minimum Gasteiger partial charge on any atom is -0.383 e. The van der Waals surface area contributed by atoms with E-state index in [1.54, 1.807) is 7.11 Å². The Balaban J connectivity index is 0.00000288. The molecule has 2 aliphatic rings. The van der Waals surface area contributed by atoms with Crippen LogP contribution in [0.4, 0.5) is 0 Å². The summed E-state index contributed by atoms with van der Waals surface area (Å²) in [5.41, 5.74) is 0. The highest BCUT2D eigenvalue weighted by atomic mass is 127. The summed E-state index contributed by atoms with van der Waals surface area (Å²) in [5.74, 6) is 3.09. The third-order valence-corrected chi connectivity index (χ3v) is 6.35. The molecule has 0 radical (unpaired) electrons. The highest BCUT2D eigenvalue weighted by Crippen LogP contribution is 2.21. The van der Waals surface area contributed by atoms with Gasteiger partial charge < -0.3 is 19.9 Å². The van der Waals surface area contributed by atoms with Gasteiger partial charge in [0.1, 0.15) is 0 Å². The predicted molar refractivity (Wildman–Crippen MR) is 116 cm³/mol. The summed E-state index contributed by atoms with van der Waals surface area (Å²) >= 11 is 2.11. The van der Waals surface area contributed by atoms with Crippen LogP contribution in [0.15, 0.2) is 4.99 Å². The molecule has 0 aromatic carbocycles. The quantitative estimate of drug-likeness (QED) is 0.367. The van der Waals surface area contributed by atoms with Crippen molar-refractivity contribution in [3.05, 3.63) is 0 Å². The molecule has 7 heteroatoms. The van der Waals surface area contributed by atoms with Gasteiger partial charge in [-0.1, -0.05) is 6.92 Å². The molecule has 2 heterocycles. The van der Waals surface area contributed by atoms with Crippen molar-refractivity contribution in [1.82, 2.24) is 15.1 Å². The number of ether oxygens (including phenoxy) is 1. The third-order valence-electron chi connectivity index (χ3n) is 4.97. The van der Waals surface area contributed by atoms with Crippen LogP contribution < -0.4 is 5.32 Å². The number of methoxy groups -OCH3 is 1. The van der Waals surface area contributed by atoms with Gasteiger partial charge in [-0.3, -0.25) is 4.99 Å². The first-order chi connectivity index (χ1) is 11.3. The maximum atomic E-state index is 5.17. The Morgan fingerprint density at radius 1 is 1.29 bits per heavy atom. The first-order valence-electron chi connectivity index (χ1n) is 9.05. The van der Waals surface area contributed by atoms with E-state index in [4.69, 9.17) is 4.74 Å². The Morgan fingerprint density at radius 2 is 2.04 bits per heavy atom. The number of thioether (sulfide) groups is 1. The van der Waals surface area contributed by atoms with Gasteiger partial charge in [-0.05, 0) is 38.3 Å². The van der Waals surface area contributed by atoms with Gasteiger partial charge in [0.15, 0.2) is 5.96 Å². The van der Waals surface area contributed by atoms with Gasteiger partial charge in [-0.25, -0.2) is 0 Å². The molecule has 1 unspecified atom stereocenters. The number of piperidine rings is 1. The molecule has 2 rings (SSSR count). The van der Waals surface area contributed by atoms with E-state index in [1.807, 2.05) is 7.05 Å².